The van der Waals surface area contributed by atoms with Crippen LogP contribution in [0.2, 0.25) is 0 Å². The molecule has 1 heterocycles. The van der Waals surface area contributed by atoms with Gasteiger partial charge in [0.1, 0.15) is 0 Å². The van der Waals surface area contributed by atoms with Gasteiger partial charge in [-0.15, -0.1) is 0 Å². The van der Waals surface area contributed by atoms with Gasteiger partial charge >= 0.3 is 0 Å². The monoisotopic (exact) mass is 217 g/mol. The van der Waals surface area contributed by atoms with Gasteiger partial charge in [0.05, 0.1) is 0 Å². The SMILES string of the molecule is CNC(Cc1ccccc1)c1ccsc1. The van der Waals surface area contributed by atoms with Gasteiger partial charge in [0.2, 0.25) is 0 Å². The third-order valence-corrected chi connectivity index (χ3v) is 3.28. The molecular formula is C13H15NS. The molecule has 1 aromatic heterocycles. The maximum absolute atomic E-state index is 3.36. The summed E-state index contributed by atoms with van der Waals surface area (Å²) in [6, 6.07) is 13.2. The van der Waals surface area contributed by atoms with Crippen molar-refractivity contribution in [3.63, 3.8) is 0 Å². The molecule has 0 radical (unpaired) electrons. The molecule has 0 spiro atoms. The smallest absolute Gasteiger partial charge is 0.0366 e. The van der Waals surface area contributed by atoms with Gasteiger partial charge in [0.15, 0.2) is 0 Å². The van der Waals surface area contributed by atoms with E-state index in [4.69, 9.17) is 0 Å². The van der Waals surface area contributed by atoms with Gasteiger partial charge in [-0.3, -0.25) is 0 Å². The summed E-state index contributed by atoms with van der Waals surface area (Å²) in [5.74, 6) is 0. The van der Waals surface area contributed by atoms with Gasteiger partial charge in [-0.25, -0.2) is 0 Å². The number of hydrogen-bond donors (Lipinski definition) is 1. The van der Waals surface area contributed by atoms with Crippen molar-refractivity contribution in [3.8, 4) is 0 Å². The summed E-state index contributed by atoms with van der Waals surface area (Å²) in [6.07, 6.45) is 1.05. The van der Waals surface area contributed by atoms with Gasteiger partial charge < -0.3 is 5.32 Å². The Bertz CT molecular complexity index is 380. The molecule has 2 heteroatoms. The minimum Gasteiger partial charge on any atom is -0.313 e. The van der Waals surface area contributed by atoms with Crippen molar-refractivity contribution in [2.75, 3.05) is 7.05 Å². The van der Waals surface area contributed by atoms with Gasteiger partial charge in [0, 0.05) is 6.04 Å². The first kappa shape index (κ1) is 10.4. The molecule has 15 heavy (non-hydrogen) atoms. The van der Waals surface area contributed by atoms with Crippen LogP contribution < -0.4 is 5.32 Å². The Morgan fingerprint density at radius 3 is 2.60 bits per heavy atom. The van der Waals surface area contributed by atoms with Crippen LogP contribution >= 0.6 is 11.3 Å². The topological polar surface area (TPSA) is 12.0 Å². The lowest BCUT2D eigenvalue weighted by atomic mass is 10.0. The van der Waals surface area contributed by atoms with Crippen molar-refractivity contribution in [2.45, 2.75) is 12.5 Å². The maximum atomic E-state index is 3.36. The molecule has 0 aliphatic carbocycles. The summed E-state index contributed by atoms with van der Waals surface area (Å²) < 4.78 is 0. The standard InChI is InChI=1S/C13H15NS/c1-14-13(12-7-8-15-10-12)9-11-5-3-2-4-6-11/h2-8,10,13-14H,9H2,1H3. The van der Waals surface area contributed by atoms with E-state index >= 15 is 0 Å². The van der Waals surface area contributed by atoms with E-state index in [-0.39, 0.29) is 0 Å². The molecule has 2 aromatic rings. The highest BCUT2D eigenvalue weighted by Crippen LogP contribution is 2.20. The summed E-state index contributed by atoms with van der Waals surface area (Å²) in [6.45, 7) is 0. The quantitative estimate of drug-likeness (QED) is 0.829. The van der Waals surface area contributed by atoms with Crippen LogP contribution in [0, 0.1) is 0 Å². The van der Waals surface area contributed by atoms with Crippen LogP contribution in [-0.2, 0) is 6.42 Å². The highest BCUT2D eigenvalue weighted by molar-refractivity contribution is 7.07. The zero-order valence-corrected chi connectivity index (χ0v) is 9.63. The van der Waals surface area contributed by atoms with E-state index in [1.54, 1.807) is 11.3 Å². The van der Waals surface area contributed by atoms with Crippen molar-refractivity contribution in [2.24, 2.45) is 0 Å². The fourth-order valence-corrected chi connectivity index (χ4v) is 2.42. The van der Waals surface area contributed by atoms with Crippen LogP contribution in [0.15, 0.2) is 47.2 Å². The van der Waals surface area contributed by atoms with Gasteiger partial charge in [-0.1, -0.05) is 30.3 Å². The summed E-state index contributed by atoms with van der Waals surface area (Å²) >= 11 is 1.75. The molecule has 78 valence electrons. The Morgan fingerprint density at radius 2 is 2.00 bits per heavy atom. The second-order valence-corrected chi connectivity index (χ2v) is 4.37. The maximum Gasteiger partial charge on any atom is 0.0366 e. The van der Waals surface area contributed by atoms with E-state index in [1.807, 2.05) is 7.05 Å². The molecule has 0 saturated carbocycles. The molecular weight excluding hydrogens is 202 g/mol. The zero-order chi connectivity index (χ0) is 10.5. The second kappa shape index (κ2) is 5.10. The molecule has 1 unspecified atom stereocenters. The minimum atomic E-state index is 0.429. The molecule has 0 bridgehead atoms. The number of nitrogens with one attached hydrogen (secondary N) is 1. The highest BCUT2D eigenvalue weighted by atomic mass is 32.1. The molecule has 0 fully saturated rings. The van der Waals surface area contributed by atoms with Gasteiger partial charge in [0.25, 0.3) is 0 Å². The first-order valence-electron chi connectivity index (χ1n) is 5.13. The molecule has 2 rings (SSSR count). The van der Waals surface area contributed by atoms with Crippen LogP contribution in [0.1, 0.15) is 17.2 Å². The molecule has 0 saturated heterocycles. The third-order valence-electron chi connectivity index (χ3n) is 2.58. The molecule has 0 aliphatic heterocycles. The lowest BCUT2D eigenvalue weighted by Crippen LogP contribution is -2.18. The van der Waals surface area contributed by atoms with Crippen LogP contribution in [0.4, 0.5) is 0 Å². The highest BCUT2D eigenvalue weighted by Gasteiger charge is 2.09. The molecule has 1 atom stereocenters. The Kier molecular flexibility index (Phi) is 3.54. The Balaban J connectivity index is 2.10. The number of thiophene rings is 1. The molecule has 1 N–H and O–H groups in total. The average Bonchev–Trinajstić information content (AvgIpc) is 2.81. The molecule has 1 nitrogen and oxygen atoms in total. The summed E-state index contributed by atoms with van der Waals surface area (Å²) in [7, 11) is 2.02. The number of rotatable bonds is 4. The normalized spacial score (nSPS) is 12.6. The van der Waals surface area contributed by atoms with Crippen molar-refractivity contribution in [1.29, 1.82) is 0 Å². The average molecular weight is 217 g/mol. The summed E-state index contributed by atoms with van der Waals surface area (Å²) in [5.41, 5.74) is 2.76. The van der Waals surface area contributed by atoms with Crippen molar-refractivity contribution >= 4 is 11.3 Å². The van der Waals surface area contributed by atoms with Crippen molar-refractivity contribution in [3.05, 3.63) is 58.3 Å². The summed E-state index contributed by atoms with van der Waals surface area (Å²) in [5, 5.41) is 7.70. The van der Waals surface area contributed by atoms with E-state index in [0.29, 0.717) is 6.04 Å². The molecule has 1 aromatic carbocycles. The summed E-state index contributed by atoms with van der Waals surface area (Å²) in [4.78, 5) is 0. The van der Waals surface area contributed by atoms with Crippen molar-refractivity contribution < 1.29 is 0 Å². The Labute approximate surface area is 94.8 Å². The first-order valence-corrected chi connectivity index (χ1v) is 6.07. The zero-order valence-electron chi connectivity index (χ0n) is 8.81. The predicted octanol–water partition coefficient (Wildman–Crippen LogP) is 3.25. The Hall–Kier alpha value is -1.12. The lowest BCUT2D eigenvalue weighted by molar-refractivity contribution is 0.594. The minimum absolute atomic E-state index is 0.429. The van der Waals surface area contributed by atoms with Crippen molar-refractivity contribution in [1.82, 2.24) is 5.32 Å². The third kappa shape index (κ3) is 2.67. The van der Waals surface area contributed by atoms with E-state index < -0.39 is 0 Å². The molecule has 0 amide bonds. The lowest BCUT2D eigenvalue weighted by Gasteiger charge is -2.14. The van der Waals surface area contributed by atoms with Crippen LogP contribution in [0.5, 0.6) is 0 Å². The largest absolute Gasteiger partial charge is 0.313 e. The fourth-order valence-electron chi connectivity index (χ4n) is 1.71. The van der Waals surface area contributed by atoms with E-state index in [9.17, 15) is 0 Å². The predicted molar refractivity (Wildman–Crippen MR) is 66.3 cm³/mol. The fraction of sp³-hybridized carbons (Fsp3) is 0.231. The van der Waals surface area contributed by atoms with Crippen LogP contribution in [0.3, 0.4) is 0 Å². The Morgan fingerprint density at radius 1 is 1.20 bits per heavy atom. The van der Waals surface area contributed by atoms with Gasteiger partial charge in [-0.2, -0.15) is 11.3 Å². The number of likely N-dealkylation sites (N-methyl/N-ethyl adjacent to an activating group) is 1. The number of hydrogen-bond acceptors (Lipinski definition) is 2. The van der Waals surface area contributed by atoms with E-state index in [0.717, 1.165) is 6.42 Å². The number of benzene rings is 1. The van der Waals surface area contributed by atoms with Gasteiger partial charge in [-0.05, 0) is 41.4 Å². The van der Waals surface area contributed by atoms with E-state index in [2.05, 4.69) is 52.5 Å². The van der Waals surface area contributed by atoms with E-state index in [1.165, 1.54) is 11.1 Å². The van der Waals surface area contributed by atoms with Crippen LogP contribution in [0.25, 0.3) is 0 Å². The second-order valence-electron chi connectivity index (χ2n) is 3.59. The first-order chi connectivity index (χ1) is 7.40. The molecule has 0 aliphatic rings. The van der Waals surface area contributed by atoms with Crippen LogP contribution in [-0.4, -0.2) is 7.05 Å².